The molecule has 4 rings (SSSR count). The number of methoxy groups -OCH3 is 1. The molecule has 0 N–H and O–H groups in total. The fourth-order valence-corrected chi connectivity index (χ4v) is 4.83. The third-order valence-corrected chi connectivity index (χ3v) is 6.63. The Hall–Kier alpha value is -3.45. The van der Waals surface area contributed by atoms with Gasteiger partial charge in [-0.25, -0.2) is 4.21 Å². The Labute approximate surface area is 162 Å². The number of carbonyl (C=O) groups is 2. The molecule has 0 radical (unpaired) electrons. The molecule has 0 saturated carbocycles. The minimum absolute atomic E-state index is 0.251. The number of hydrogen-bond acceptors (Lipinski definition) is 5. The predicted molar refractivity (Wildman–Crippen MR) is 103 cm³/mol. The molecule has 1 aliphatic heterocycles. The fourth-order valence-electron chi connectivity index (χ4n) is 2.96. The maximum atomic E-state index is 14.0. The quantitative estimate of drug-likeness (QED) is 0.633. The number of benzene rings is 3. The number of hydrogen-bond donors (Lipinski definition) is 0. The third kappa shape index (κ3) is 2.86. The highest BCUT2D eigenvalue weighted by Crippen LogP contribution is 2.29. The number of carbonyl (C=O) groups excluding carboxylic acids is 2. The Morgan fingerprint density at radius 2 is 1.25 bits per heavy atom. The lowest BCUT2D eigenvalue weighted by Gasteiger charge is -2.15. The molecule has 0 fully saturated rings. The molecular formula is C21H16N2O4S. The first-order valence-electron chi connectivity index (χ1n) is 8.48. The number of rotatable bonds is 4. The van der Waals surface area contributed by atoms with E-state index >= 15 is 0 Å². The Balaban J connectivity index is 1.91. The van der Waals surface area contributed by atoms with Gasteiger partial charge in [-0.15, -0.1) is 5.01 Å². The molecule has 140 valence electrons. The number of ether oxygens (including phenoxy) is 1. The van der Waals surface area contributed by atoms with Gasteiger partial charge in [0.05, 0.1) is 28.0 Å². The average molecular weight is 392 g/mol. The lowest BCUT2D eigenvalue weighted by Crippen LogP contribution is -2.26. The molecule has 0 bridgehead atoms. The molecule has 0 aliphatic carbocycles. The second kappa shape index (κ2) is 6.94. The van der Waals surface area contributed by atoms with Gasteiger partial charge < -0.3 is 4.74 Å². The van der Waals surface area contributed by atoms with Crippen LogP contribution in [0.5, 0.6) is 5.75 Å². The Morgan fingerprint density at radius 1 is 0.750 bits per heavy atom. The summed E-state index contributed by atoms with van der Waals surface area (Å²) in [6.45, 7) is 0. The first-order valence-corrected chi connectivity index (χ1v) is 10.00. The van der Waals surface area contributed by atoms with E-state index < -0.39 is 21.5 Å². The smallest absolute Gasteiger partial charge is 0.282 e. The molecule has 6 nitrogen and oxygen atoms in total. The van der Waals surface area contributed by atoms with E-state index in [4.69, 9.17) is 4.74 Å². The van der Waals surface area contributed by atoms with Crippen molar-refractivity contribution in [2.75, 3.05) is 7.11 Å². The van der Waals surface area contributed by atoms with E-state index in [-0.39, 0.29) is 11.1 Å². The molecule has 1 aliphatic rings. The van der Waals surface area contributed by atoms with Gasteiger partial charge in [0.2, 0.25) is 0 Å². The van der Waals surface area contributed by atoms with Gasteiger partial charge in [-0.2, -0.15) is 0 Å². The second-order valence-electron chi connectivity index (χ2n) is 6.06. The van der Waals surface area contributed by atoms with E-state index in [2.05, 4.69) is 4.47 Å². The predicted octanol–water partition coefficient (Wildman–Crippen LogP) is 3.79. The average Bonchev–Trinajstić information content (AvgIpc) is 2.99. The van der Waals surface area contributed by atoms with E-state index in [1.54, 1.807) is 78.9 Å². The molecule has 3 aromatic rings. The lowest BCUT2D eigenvalue weighted by atomic mass is 10.1. The van der Waals surface area contributed by atoms with Crippen LogP contribution in [0.1, 0.15) is 20.7 Å². The first kappa shape index (κ1) is 17.9. The number of fused-ring (bicyclic) bond motifs is 1. The Kier molecular flexibility index (Phi) is 4.44. The highest BCUT2D eigenvalue weighted by atomic mass is 32.2. The lowest BCUT2D eigenvalue weighted by molar-refractivity contribution is 0.0661. The summed E-state index contributed by atoms with van der Waals surface area (Å²) in [6, 6.07) is 21.6. The van der Waals surface area contributed by atoms with Gasteiger partial charge >= 0.3 is 0 Å². The molecule has 0 spiro atoms. The van der Waals surface area contributed by atoms with Crippen LogP contribution in [-0.2, 0) is 9.73 Å². The standard InChI is InChI=1S/C21H16N2O4S/c1-27-15-11-13-17(14-12-15)28(26,16-7-3-2-4-8-16)22-23-20(24)18-9-5-6-10-19(18)21(23)25/h2-14H,1H3. The van der Waals surface area contributed by atoms with Crippen molar-refractivity contribution in [3.05, 3.63) is 90.0 Å². The van der Waals surface area contributed by atoms with Crippen LogP contribution in [0, 0.1) is 0 Å². The summed E-state index contributed by atoms with van der Waals surface area (Å²) >= 11 is 0. The van der Waals surface area contributed by atoms with Gasteiger partial charge in [-0.3, -0.25) is 9.59 Å². The summed E-state index contributed by atoms with van der Waals surface area (Å²) in [5.41, 5.74) is 0.501. The largest absolute Gasteiger partial charge is 0.497 e. The zero-order valence-electron chi connectivity index (χ0n) is 14.9. The van der Waals surface area contributed by atoms with Crippen LogP contribution in [0.2, 0.25) is 0 Å². The molecule has 28 heavy (non-hydrogen) atoms. The molecular weight excluding hydrogens is 376 g/mol. The van der Waals surface area contributed by atoms with Crippen molar-refractivity contribution >= 4 is 21.5 Å². The van der Waals surface area contributed by atoms with E-state index in [1.165, 1.54) is 7.11 Å². The maximum Gasteiger partial charge on any atom is 0.282 e. The Morgan fingerprint density at radius 3 is 1.79 bits per heavy atom. The topological polar surface area (TPSA) is 76.0 Å². The van der Waals surface area contributed by atoms with Crippen molar-refractivity contribution in [1.82, 2.24) is 5.01 Å². The summed E-state index contributed by atoms with van der Waals surface area (Å²) in [7, 11) is -1.75. The molecule has 3 aromatic carbocycles. The SMILES string of the molecule is COc1ccc(S(=O)(=NN2C(=O)c3ccccc3C2=O)c2ccccc2)cc1. The molecule has 1 heterocycles. The van der Waals surface area contributed by atoms with Crippen molar-refractivity contribution in [3.63, 3.8) is 0 Å². The second-order valence-corrected chi connectivity index (χ2v) is 8.22. The van der Waals surface area contributed by atoms with Crippen LogP contribution in [0.3, 0.4) is 0 Å². The molecule has 1 unspecified atom stereocenters. The van der Waals surface area contributed by atoms with Gasteiger partial charge in [-0.1, -0.05) is 34.8 Å². The summed E-state index contributed by atoms with van der Waals surface area (Å²) in [6.07, 6.45) is 0. The van der Waals surface area contributed by atoms with Gasteiger partial charge in [0, 0.05) is 0 Å². The fraction of sp³-hybridized carbons (Fsp3) is 0.0476. The monoisotopic (exact) mass is 392 g/mol. The van der Waals surface area contributed by atoms with Crippen molar-refractivity contribution in [3.8, 4) is 5.75 Å². The first-order chi connectivity index (χ1) is 13.5. The minimum atomic E-state index is -3.28. The zero-order valence-corrected chi connectivity index (χ0v) is 15.8. The van der Waals surface area contributed by atoms with Crippen LogP contribution in [0.4, 0.5) is 0 Å². The van der Waals surface area contributed by atoms with Crippen molar-refractivity contribution in [2.24, 2.45) is 4.47 Å². The van der Waals surface area contributed by atoms with E-state index in [9.17, 15) is 13.8 Å². The maximum absolute atomic E-state index is 14.0. The van der Waals surface area contributed by atoms with E-state index in [1.807, 2.05) is 0 Å². The number of imide groups is 1. The van der Waals surface area contributed by atoms with Crippen LogP contribution < -0.4 is 4.74 Å². The van der Waals surface area contributed by atoms with Gasteiger partial charge in [0.15, 0.2) is 0 Å². The van der Waals surface area contributed by atoms with Crippen molar-refractivity contribution in [1.29, 1.82) is 0 Å². The number of amides is 2. The van der Waals surface area contributed by atoms with Crippen molar-refractivity contribution in [2.45, 2.75) is 9.79 Å². The molecule has 0 saturated heterocycles. The van der Waals surface area contributed by atoms with Gasteiger partial charge in [0.25, 0.3) is 11.8 Å². The van der Waals surface area contributed by atoms with Gasteiger partial charge in [-0.05, 0) is 48.5 Å². The summed E-state index contributed by atoms with van der Waals surface area (Å²) in [5.74, 6) is -0.574. The van der Waals surface area contributed by atoms with E-state index in [0.29, 0.717) is 20.5 Å². The highest BCUT2D eigenvalue weighted by molar-refractivity contribution is 7.93. The summed E-state index contributed by atoms with van der Waals surface area (Å²) in [4.78, 5) is 26.2. The third-order valence-electron chi connectivity index (χ3n) is 4.41. The van der Waals surface area contributed by atoms with Crippen LogP contribution >= 0.6 is 0 Å². The summed E-state index contributed by atoms with van der Waals surface area (Å²) in [5, 5.41) is 0.713. The molecule has 0 aromatic heterocycles. The minimum Gasteiger partial charge on any atom is -0.497 e. The summed E-state index contributed by atoms with van der Waals surface area (Å²) < 4.78 is 23.4. The van der Waals surface area contributed by atoms with Crippen LogP contribution in [-0.4, -0.2) is 28.1 Å². The normalized spacial score (nSPS) is 15.1. The highest BCUT2D eigenvalue weighted by Gasteiger charge is 2.37. The van der Waals surface area contributed by atoms with Crippen LogP contribution in [0.25, 0.3) is 0 Å². The van der Waals surface area contributed by atoms with Gasteiger partial charge in [0.1, 0.15) is 15.5 Å². The Bertz CT molecular complexity index is 1150. The number of nitrogens with zero attached hydrogens (tertiary/aromatic N) is 2. The zero-order chi connectivity index (χ0) is 19.7. The molecule has 1 atom stereocenters. The van der Waals surface area contributed by atoms with Crippen LogP contribution in [0.15, 0.2) is 93.1 Å². The van der Waals surface area contributed by atoms with E-state index in [0.717, 1.165) is 0 Å². The van der Waals surface area contributed by atoms with Crippen molar-refractivity contribution < 1.29 is 18.5 Å². The molecule has 7 heteroatoms. The molecule has 2 amide bonds.